The summed E-state index contributed by atoms with van der Waals surface area (Å²) in [5, 5.41) is 10.0. The van der Waals surface area contributed by atoms with Crippen molar-refractivity contribution in [1.29, 1.82) is 0 Å². The summed E-state index contributed by atoms with van der Waals surface area (Å²) >= 11 is 11.8. The van der Waals surface area contributed by atoms with Crippen molar-refractivity contribution in [1.82, 2.24) is 19.6 Å². The largest absolute Gasteiger partial charge is 0.324 e. The second-order valence-electron chi connectivity index (χ2n) is 9.87. The van der Waals surface area contributed by atoms with E-state index >= 15 is 0 Å². The molecule has 0 unspecified atom stereocenters. The molecular weight excluding hydrogens is 541 g/mol. The zero-order valence-electron chi connectivity index (χ0n) is 22.6. The molecule has 5 rings (SSSR count). The number of nitrogens with zero attached hydrogens (tertiary/aromatic N) is 4. The topological polar surface area (TPSA) is 78.7 Å². The monoisotopic (exact) mass is 573 g/mol. The van der Waals surface area contributed by atoms with Crippen molar-refractivity contribution in [3.63, 3.8) is 0 Å². The van der Waals surface area contributed by atoms with Gasteiger partial charge < -0.3 is 5.73 Å². The molecule has 0 fully saturated rings. The van der Waals surface area contributed by atoms with Crippen LogP contribution in [0.15, 0.2) is 104 Å². The van der Waals surface area contributed by atoms with Gasteiger partial charge in [-0.25, -0.2) is 0 Å². The second-order valence-corrected chi connectivity index (χ2v) is 10.7. The average Bonchev–Trinajstić information content (AvgIpc) is 3.63. The zero-order valence-corrected chi connectivity index (χ0v) is 24.1. The Balaban J connectivity index is 0.000000312. The fraction of sp³-hybridized carbons (Fsp3) is 0.219. The van der Waals surface area contributed by atoms with Crippen molar-refractivity contribution >= 4 is 29.0 Å². The highest BCUT2D eigenvalue weighted by atomic mass is 35.5. The van der Waals surface area contributed by atoms with E-state index in [4.69, 9.17) is 28.9 Å². The maximum absolute atomic E-state index is 12.7. The van der Waals surface area contributed by atoms with Crippen molar-refractivity contribution in [2.24, 2.45) is 5.73 Å². The smallest absolute Gasteiger partial charge is 0.166 e. The summed E-state index contributed by atoms with van der Waals surface area (Å²) in [5.74, 6) is 0.185. The number of aromatic nitrogens is 4. The van der Waals surface area contributed by atoms with Crippen molar-refractivity contribution in [2.75, 3.05) is 0 Å². The molecule has 0 saturated carbocycles. The number of nitrogens with two attached hydrogens (primary N) is 1. The number of Topliss-reactive ketones (excluding diaryl/α,β-unsaturated/α-hetero) is 1. The first kappa shape index (κ1) is 29.3. The van der Waals surface area contributed by atoms with Crippen molar-refractivity contribution in [3.8, 4) is 0 Å². The van der Waals surface area contributed by atoms with E-state index in [9.17, 15) is 4.79 Å². The average molecular weight is 575 g/mol. The second kappa shape index (κ2) is 14.1. The van der Waals surface area contributed by atoms with Crippen LogP contribution in [0.4, 0.5) is 0 Å². The Morgan fingerprint density at radius 3 is 1.98 bits per heavy atom. The molecule has 3 aromatic carbocycles. The Morgan fingerprint density at radius 1 is 0.825 bits per heavy atom. The molecule has 5 aromatic rings. The van der Waals surface area contributed by atoms with Crippen molar-refractivity contribution in [3.05, 3.63) is 142 Å². The lowest BCUT2D eigenvalue weighted by Crippen LogP contribution is -2.05. The van der Waals surface area contributed by atoms with E-state index in [0.29, 0.717) is 23.6 Å². The normalized spacial score (nSPS) is 12.3. The molecule has 2 atom stereocenters. The van der Waals surface area contributed by atoms with Gasteiger partial charge in [-0.3, -0.25) is 14.2 Å². The van der Waals surface area contributed by atoms with Crippen LogP contribution in [0, 0.1) is 0 Å². The van der Waals surface area contributed by atoms with Crippen LogP contribution in [-0.2, 0) is 13.1 Å². The molecule has 2 N–H and O–H groups in total. The molecular formula is C32H33Cl2N5O. The van der Waals surface area contributed by atoms with E-state index in [1.54, 1.807) is 17.1 Å². The Labute approximate surface area is 245 Å². The third-order valence-electron chi connectivity index (χ3n) is 6.51. The van der Waals surface area contributed by atoms with Crippen LogP contribution in [-0.4, -0.2) is 25.3 Å². The third kappa shape index (κ3) is 8.65. The van der Waals surface area contributed by atoms with Gasteiger partial charge in [-0.05, 0) is 65.4 Å². The zero-order chi connectivity index (χ0) is 28.5. The third-order valence-corrected chi connectivity index (χ3v) is 6.98. The van der Waals surface area contributed by atoms with Gasteiger partial charge >= 0.3 is 0 Å². The van der Waals surface area contributed by atoms with Crippen LogP contribution in [0.5, 0.6) is 0 Å². The van der Waals surface area contributed by atoms with Gasteiger partial charge in [0.05, 0.1) is 24.8 Å². The van der Waals surface area contributed by atoms with E-state index in [0.717, 1.165) is 28.3 Å². The first-order valence-electron chi connectivity index (χ1n) is 13.1. The van der Waals surface area contributed by atoms with E-state index < -0.39 is 0 Å². The number of rotatable bonds is 9. The first-order chi connectivity index (χ1) is 19.3. The molecule has 2 aromatic heterocycles. The summed E-state index contributed by atoms with van der Waals surface area (Å²) in [6.45, 7) is 5.35. The molecule has 0 bridgehead atoms. The fourth-order valence-corrected chi connectivity index (χ4v) is 4.63. The molecule has 2 heterocycles. The van der Waals surface area contributed by atoms with Crippen LogP contribution in [0.25, 0.3) is 0 Å². The number of carbonyl (C=O) groups excluding carboxylic acids is 1. The highest BCUT2D eigenvalue weighted by Crippen LogP contribution is 2.24. The van der Waals surface area contributed by atoms with Gasteiger partial charge in [-0.1, -0.05) is 78.7 Å². The molecule has 0 radical (unpaired) electrons. The summed E-state index contributed by atoms with van der Waals surface area (Å²) in [5.41, 5.74) is 10.7. The minimum atomic E-state index is 0.0682. The Morgan fingerprint density at radius 2 is 1.43 bits per heavy atom. The Kier molecular flexibility index (Phi) is 10.3. The molecule has 0 amide bonds. The number of benzene rings is 3. The van der Waals surface area contributed by atoms with Gasteiger partial charge in [-0.15, -0.1) is 0 Å². The SMILES string of the molecule is C[C@@H](CC(=O)c1cnn(Cc2ccc(Cn3cccn3)cc2)c1)c1cccc(Cl)c1.C[C@@H](N)c1cccc(Cl)c1. The molecule has 6 nitrogen and oxygen atoms in total. The van der Waals surface area contributed by atoms with Crippen LogP contribution >= 0.6 is 23.2 Å². The van der Waals surface area contributed by atoms with Gasteiger partial charge in [-0.2, -0.15) is 10.2 Å². The molecule has 0 aliphatic heterocycles. The van der Waals surface area contributed by atoms with Crippen LogP contribution < -0.4 is 5.73 Å². The number of hydrogen-bond donors (Lipinski definition) is 1. The van der Waals surface area contributed by atoms with E-state index in [1.807, 2.05) is 85.5 Å². The minimum absolute atomic E-state index is 0.0682. The van der Waals surface area contributed by atoms with Crippen molar-refractivity contribution in [2.45, 2.75) is 45.3 Å². The van der Waals surface area contributed by atoms with Crippen molar-refractivity contribution < 1.29 is 4.79 Å². The number of hydrogen-bond acceptors (Lipinski definition) is 4. The van der Waals surface area contributed by atoms with Gasteiger partial charge in [0.15, 0.2) is 5.78 Å². The highest BCUT2D eigenvalue weighted by molar-refractivity contribution is 6.30. The number of halogens is 2. The summed E-state index contributed by atoms with van der Waals surface area (Å²) < 4.78 is 3.70. The van der Waals surface area contributed by atoms with Crippen LogP contribution in [0.1, 0.15) is 64.8 Å². The standard InChI is InChI=1S/C24H23ClN4O.C8H10ClN/c1-18(21-4-2-5-23(25)13-21)12-24(30)22-14-27-29(17-22)16-20-8-6-19(7-9-20)15-28-11-3-10-26-28;1-6(10)7-3-2-4-8(9)5-7/h2-11,13-14,17-18H,12,15-16H2,1H3;2-6H,10H2,1H3/t18-;6-/m01/s1. The lowest BCUT2D eigenvalue weighted by molar-refractivity contribution is 0.0975. The first-order valence-corrected chi connectivity index (χ1v) is 13.9. The van der Waals surface area contributed by atoms with Gasteiger partial charge in [0.25, 0.3) is 0 Å². The van der Waals surface area contributed by atoms with E-state index in [2.05, 4.69) is 34.5 Å². The lowest BCUT2D eigenvalue weighted by atomic mass is 9.94. The van der Waals surface area contributed by atoms with Gasteiger partial charge in [0.1, 0.15) is 0 Å². The molecule has 40 heavy (non-hydrogen) atoms. The van der Waals surface area contributed by atoms with Gasteiger partial charge in [0.2, 0.25) is 0 Å². The maximum atomic E-state index is 12.7. The van der Waals surface area contributed by atoms with Crippen LogP contribution in [0.3, 0.4) is 0 Å². The lowest BCUT2D eigenvalue weighted by Gasteiger charge is -2.10. The maximum Gasteiger partial charge on any atom is 0.166 e. The molecule has 8 heteroatoms. The summed E-state index contributed by atoms with van der Waals surface area (Å²) in [6.07, 6.45) is 7.63. The fourth-order valence-electron chi connectivity index (χ4n) is 4.23. The molecule has 0 aliphatic rings. The van der Waals surface area contributed by atoms with Crippen LogP contribution in [0.2, 0.25) is 10.0 Å². The predicted molar refractivity (Wildman–Crippen MR) is 162 cm³/mol. The van der Waals surface area contributed by atoms with Gasteiger partial charge in [0, 0.05) is 41.1 Å². The Bertz CT molecular complexity index is 1510. The summed E-state index contributed by atoms with van der Waals surface area (Å²) in [4.78, 5) is 12.7. The summed E-state index contributed by atoms with van der Waals surface area (Å²) in [7, 11) is 0. The Hall–Kier alpha value is -3.71. The highest BCUT2D eigenvalue weighted by Gasteiger charge is 2.15. The molecule has 206 valence electrons. The van der Waals surface area contributed by atoms with E-state index in [1.165, 1.54) is 5.56 Å². The number of carbonyl (C=O) groups is 1. The molecule has 0 spiro atoms. The summed E-state index contributed by atoms with van der Waals surface area (Å²) in [6, 6.07) is 25.6. The quantitative estimate of drug-likeness (QED) is 0.184. The van der Waals surface area contributed by atoms with E-state index in [-0.39, 0.29) is 17.7 Å². The molecule has 0 aliphatic carbocycles. The number of ketones is 1. The minimum Gasteiger partial charge on any atom is -0.324 e. The molecule has 0 saturated heterocycles. The predicted octanol–water partition coefficient (Wildman–Crippen LogP) is 7.57.